The van der Waals surface area contributed by atoms with E-state index in [2.05, 4.69) is 21.2 Å². The highest BCUT2D eigenvalue weighted by atomic mass is 79.9. The van der Waals surface area contributed by atoms with Gasteiger partial charge in [0.05, 0.1) is 4.47 Å². The van der Waals surface area contributed by atoms with Gasteiger partial charge in [-0.25, -0.2) is 0 Å². The third-order valence-corrected chi connectivity index (χ3v) is 3.79. The summed E-state index contributed by atoms with van der Waals surface area (Å²) in [5, 5.41) is 13.2. The van der Waals surface area contributed by atoms with Gasteiger partial charge in [0, 0.05) is 25.8 Å². The Kier molecular flexibility index (Phi) is 6.10. The van der Waals surface area contributed by atoms with Crippen LogP contribution in [0.15, 0.2) is 28.7 Å². The Labute approximate surface area is 122 Å². The van der Waals surface area contributed by atoms with Gasteiger partial charge in [0.2, 0.25) is 0 Å². The van der Waals surface area contributed by atoms with Crippen molar-refractivity contribution in [3.8, 4) is 5.75 Å². The molecule has 1 aliphatic rings. The molecule has 19 heavy (non-hydrogen) atoms. The Morgan fingerprint density at radius 1 is 1.37 bits per heavy atom. The lowest BCUT2D eigenvalue weighted by molar-refractivity contribution is 0.0654. The predicted octanol–water partition coefficient (Wildman–Crippen LogP) is 1.96. The van der Waals surface area contributed by atoms with Crippen molar-refractivity contribution >= 4 is 15.9 Å². The van der Waals surface area contributed by atoms with Crippen LogP contribution in [0.4, 0.5) is 0 Å². The van der Waals surface area contributed by atoms with E-state index in [0.717, 1.165) is 36.3 Å². The van der Waals surface area contributed by atoms with E-state index < -0.39 is 6.10 Å². The van der Waals surface area contributed by atoms with Crippen LogP contribution in [-0.2, 0) is 4.74 Å². The predicted molar refractivity (Wildman–Crippen MR) is 77.5 cm³/mol. The number of nitrogens with one attached hydrogen (secondary N) is 1. The van der Waals surface area contributed by atoms with Gasteiger partial charge < -0.3 is 19.9 Å². The molecule has 1 atom stereocenters. The second kappa shape index (κ2) is 7.85. The van der Waals surface area contributed by atoms with Gasteiger partial charge in [-0.15, -0.1) is 0 Å². The second-order valence-corrected chi connectivity index (χ2v) is 5.54. The second-order valence-electron chi connectivity index (χ2n) is 4.69. The van der Waals surface area contributed by atoms with Gasteiger partial charge >= 0.3 is 0 Å². The van der Waals surface area contributed by atoms with E-state index >= 15 is 0 Å². The molecule has 0 amide bonds. The number of hydrogen-bond donors (Lipinski definition) is 2. The first-order valence-electron chi connectivity index (χ1n) is 6.62. The molecule has 2 rings (SSSR count). The molecule has 0 aliphatic carbocycles. The topological polar surface area (TPSA) is 50.7 Å². The molecule has 1 fully saturated rings. The monoisotopic (exact) mass is 329 g/mol. The van der Waals surface area contributed by atoms with Gasteiger partial charge in [-0.2, -0.15) is 0 Å². The largest absolute Gasteiger partial charge is 0.490 e. The molecular formula is C14H20BrNO3. The molecule has 106 valence electrons. The summed E-state index contributed by atoms with van der Waals surface area (Å²) >= 11 is 3.41. The smallest absolute Gasteiger partial charge is 0.133 e. The summed E-state index contributed by atoms with van der Waals surface area (Å²) in [6.45, 7) is 2.45. The maximum Gasteiger partial charge on any atom is 0.133 e. The lowest BCUT2D eigenvalue weighted by Crippen LogP contribution is -2.40. The van der Waals surface area contributed by atoms with Crippen LogP contribution in [0.25, 0.3) is 0 Å². The van der Waals surface area contributed by atoms with Crippen molar-refractivity contribution in [1.29, 1.82) is 0 Å². The average molecular weight is 330 g/mol. The Hall–Kier alpha value is -0.620. The van der Waals surface area contributed by atoms with Gasteiger partial charge in [0.25, 0.3) is 0 Å². The Morgan fingerprint density at radius 2 is 2.11 bits per heavy atom. The van der Waals surface area contributed by atoms with Gasteiger partial charge in [-0.05, 0) is 40.9 Å². The fourth-order valence-corrected chi connectivity index (χ4v) is 2.41. The third kappa shape index (κ3) is 5.10. The molecule has 1 aromatic rings. The van der Waals surface area contributed by atoms with Gasteiger partial charge in [-0.1, -0.05) is 12.1 Å². The fourth-order valence-electron chi connectivity index (χ4n) is 2.01. The van der Waals surface area contributed by atoms with E-state index in [9.17, 15) is 5.11 Å². The lowest BCUT2D eigenvalue weighted by atomic mass is 10.1. The van der Waals surface area contributed by atoms with E-state index in [-0.39, 0.29) is 0 Å². The minimum atomic E-state index is -0.505. The summed E-state index contributed by atoms with van der Waals surface area (Å²) < 4.78 is 11.8. The molecule has 0 bridgehead atoms. The van der Waals surface area contributed by atoms with Crippen LogP contribution < -0.4 is 10.1 Å². The van der Waals surface area contributed by atoms with E-state index in [1.807, 2.05) is 24.3 Å². The average Bonchev–Trinajstić information content (AvgIpc) is 2.45. The van der Waals surface area contributed by atoms with Crippen molar-refractivity contribution in [1.82, 2.24) is 5.32 Å². The number of halogens is 1. The highest BCUT2D eigenvalue weighted by molar-refractivity contribution is 9.10. The minimum Gasteiger partial charge on any atom is -0.490 e. The van der Waals surface area contributed by atoms with Crippen LogP contribution in [0.3, 0.4) is 0 Å². The summed E-state index contributed by atoms with van der Waals surface area (Å²) in [5.41, 5.74) is 0. The first-order chi connectivity index (χ1) is 9.25. The molecule has 1 saturated heterocycles. The molecule has 4 nitrogen and oxygen atoms in total. The highest BCUT2D eigenvalue weighted by Gasteiger charge is 2.15. The quantitative estimate of drug-likeness (QED) is 0.837. The standard InChI is InChI=1S/C14H20BrNO3/c15-13-3-1-2-4-14(13)19-10-12(17)9-16-11-5-7-18-8-6-11/h1-4,11-12,16-17H,5-10H2. The molecule has 1 heterocycles. The first kappa shape index (κ1) is 14.8. The zero-order valence-electron chi connectivity index (χ0n) is 10.8. The van der Waals surface area contributed by atoms with Crippen molar-refractivity contribution in [2.75, 3.05) is 26.4 Å². The van der Waals surface area contributed by atoms with Crippen LogP contribution in [0.2, 0.25) is 0 Å². The molecule has 1 aromatic carbocycles. The zero-order chi connectivity index (χ0) is 13.5. The molecule has 5 heteroatoms. The van der Waals surface area contributed by atoms with Crippen LogP contribution in [0.1, 0.15) is 12.8 Å². The van der Waals surface area contributed by atoms with E-state index in [1.165, 1.54) is 0 Å². The molecule has 0 aromatic heterocycles. The third-order valence-electron chi connectivity index (χ3n) is 3.13. The maximum absolute atomic E-state index is 9.90. The van der Waals surface area contributed by atoms with E-state index in [0.29, 0.717) is 19.2 Å². The van der Waals surface area contributed by atoms with Crippen molar-refractivity contribution in [3.63, 3.8) is 0 Å². The van der Waals surface area contributed by atoms with Gasteiger partial charge in [0.15, 0.2) is 0 Å². The zero-order valence-corrected chi connectivity index (χ0v) is 12.4. The highest BCUT2D eigenvalue weighted by Crippen LogP contribution is 2.23. The van der Waals surface area contributed by atoms with Crippen molar-refractivity contribution in [2.24, 2.45) is 0 Å². The van der Waals surface area contributed by atoms with Gasteiger partial charge in [0.1, 0.15) is 18.5 Å². The SMILES string of the molecule is OC(CNC1CCOCC1)COc1ccccc1Br. The number of ether oxygens (including phenoxy) is 2. The number of aliphatic hydroxyl groups is 1. The Bertz CT molecular complexity index is 383. The number of para-hydroxylation sites is 1. The number of hydrogen-bond acceptors (Lipinski definition) is 4. The number of aliphatic hydroxyl groups excluding tert-OH is 1. The molecule has 0 saturated carbocycles. The summed E-state index contributed by atoms with van der Waals surface area (Å²) in [6, 6.07) is 8.09. The molecule has 0 spiro atoms. The summed E-state index contributed by atoms with van der Waals surface area (Å²) in [7, 11) is 0. The normalized spacial score (nSPS) is 18.2. The Morgan fingerprint density at radius 3 is 2.84 bits per heavy atom. The van der Waals surface area contributed by atoms with E-state index in [4.69, 9.17) is 9.47 Å². The van der Waals surface area contributed by atoms with E-state index in [1.54, 1.807) is 0 Å². The molecule has 1 aliphatic heterocycles. The summed E-state index contributed by atoms with van der Waals surface area (Å²) in [5.74, 6) is 0.757. The molecule has 1 unspecified atom stereocenters. The number of rotatable bonds is 6. The number of benzene rings is 1. The fraction of sp³-hybridized carbons (Fsp3) is 0.571. The van der Waals surface area contributed by atoms with Gasteiger partial charge in [-0.3, -0.25) is 0 Å². The van der Waals surface area contributed by atoms with Crippen molar-refractivity contribution < 1.29 is 14.6 Å². The summed E-state index contributed by atoms with van der Waals surface area (Å²) in [4.78, 5) is 0. The van der Waals surface area contributed by atoms with Crippen molar-refractivity contribution in [3.05, 3.63) is 28.7 Å². The van der Waals surface area contributed by atoms with Crippen molar-refractivity contribution in [2.45, 2.75) is 25.0 Å². The minimum absolute atomic E-state index is 0.291. The van der Waals surface area contributed by atoms with Crippen LogP contribution >= 0.6 is 15.9 Å². The molecule has 2 N–H and O–H groups in total. The molecular weight excluding hydrogens is 310 g/mol. The van der Waals surface area contributed by atoms with Crippen LogP contribution in [0.5, 0.6) is 5.75 Å². The lowest BCUT2D eigenvalue weighted by Gasteiger charge is -2.24. The Balaban J connectivity index is 1.66. The van der Waals surface area contributed by atoms with Crippen LogP contribution in [-0.4, -0.2) is 43.6 Å². The maximum atomic E-state index is 9.90. The van der Waals surface area contributed by atoms with Crippen LogP contribution in [0, 0.1) is 0 Å². The first-order valence-corrected chi connectivity index (χ1v) is 7.41. The molecule has 0 radical (unpaired) electrons. The summed E-state index contributed by atoms with van der Waals surface area (Å²) in [6.07, 6.45) is 1.52.